The fourth-order valence-corrected chi connectivity index (χ4v) is 4.91. The van der Waals surface area contributed by atoms with E-state index in [2.05, 4.69) is 15.6 Å². The summed E-state index contributed by atoms with van der Waals surface area (Å²) in [5.74, 6) is 3.08. The number of aliphatic imine (C=N–C) groups is 1. The number of benzene rings is 1. The van der Waals surface area contributed by atoms with E-state index in [1.54, 1.807) is 0 Å². The monoisotopic (exact) mass is 507 g/mol. The van der Waals surface area contributed by atoms with Gasteiger partial charge in [-0.1, -0.05) is 18.2 Å². The van der Waals surface area contributed by atoms with E-state index in [0.29, 0.717) is 30.7 Å². The molecule has 0 aromatic heterocycles. The van der Waals surface area contributed by atoms with E-state index in [1.807, 2.05) is 31.2 Å². The average Bonchev–Trinajstić information content (AvgIpc) is 3.38. The summed E-state index contributed by atoms with van der Waals surface area (Å²) in [4.78, 5) is 4.65. The fraction of sp³-hybridized carbons (Fsp3) is 0.632. The highest BCUT2D eigenvalue weighted by atomic mass is 127. The van der Waals surface area contributed by atoms with Crippen molar-refractivity contribution in [1.82, 2.24) is 10.6 Å². The van der Waals surface area contributed by atoms with E-state index >= 15 is 0 Å². The molecule has 0 bridgehead atoms. The highest BCUT2D eigenvalue weighted by Gasteiger charge is 2.27. The van der Waals surface area contributed by atoms with Gasteiger partial charge in [-0.2, -0.15) is 0 Å². The van der Waals surface area contributed by atoms with Crippen molar-refractivity contribution in [3.05, 3.63) is 29.8 Å². The Bertz CT molecular complexity index is 735. The Morgan fingerprint density at radius 2 is 1.96 bits per heavy atom. The molecule has 1 heterocycles. The summed E-state index contributed by atoms with van der Waals surface area (Å²) in [6, 6.07) is 8.02. The minimum Gasteiger partial charge on any atom is -0.493 e. The Hall–Kier alpha value is -1.03. The number of halogens is 1. The number of nitrogens with one attached hydrogen (secondary N) is 2. The molecule has 3 rings (SSSR count). The molecule has 8 heteroatoms. The summed E-state index contributed by atoms with van der Waals surface area (Å²) in [5.41, 5.74) is 1.06. The molecule has 1 aromatic carbocycles. The minimum absolute atomic E-state index is 0. The van der Waals surface area contributed by atoms with Gasteiger partial charge in [0, 0.05) is 18.7 Å². The molecule has 2 N–H and O–H groups in total. The van der Waals surface area contributed by atoms with Gasteiger partial charge in [0.1, 0.15) is 5.75 Å². The van der Waals surface area contributed by atoms with Crippen LogP contribution in [-0.2, 0) is 16.4 Å². The lowest BCUT2D eigenvalue weighted by Crippen LogP contribution is -2.40. The largest absolute Gasteiger partial charge is 0.493 e. The zero-order valence-electron chi connectivity index (χ0n) is 15.8. The van der Waals surface area contributed by atoms with Gasteiger partial charge in [0.2, 0.25) is 0 Å². The molecule has 2 aliphatic rings. The van der Waals surface area contributed by atoms with Gasteiger partial charge in [-0.05, 0) is 44.1 Å². The van der Waals surface area contributed by atoms with Crippen LogP contribution in [0.2, 0.25) is 0 Å². The number of guanidine groups is 1. The van der Waals surface area contributed by atoms with Gasteiger partial charge in [0.05, 0.1) is 24.7 Å². The molecule has 2 fully saturated rings. The van der Waals surface area contributed by atoms with Gasteiger partial charge >= 0.3 is 0 Å². The zero-order chi connectivity index (χ0) is 18.4. The lowest BCUT2D eigenvalue weighted by Gasteiger charge is -2.15. The highest BCUT2D eigenvalue weighted by Crippen LogP contribution is 2.30. The van der Waals surface area contributed by atoms with Crippen LogP contribution < -0.4 is 15.4 Å². The van der Waals surface area contributed by atoms with Crippen LogP contribution in [0, 0.1) is 11.8 Å². The molecule has 1 unspecified atom stereocenters. The summed E-state index contributed by atoms with van der Waals surface area (Å²) in [7, 11) is -2.84. The molecule has 0 radical (unpaired) electrons. The second-order valence-corrected chi connectivity index (χ2v) is 9.44. The fourth-order valence-electron chi connectivity index (χ4n) is 3.05. The summed E-state index contributed by atoms with van der Waals surface area (Å²) in [6.07, 6.45) is 3.27. The number of hydrogen-bond donors (Lipinski definition) is 2. The van der Waals surface area contributed by atoms with Crippen LogP contribution in [0.5, 0.6) is 5.75 Å². The summed E-state index contributed by atoms with van der Waals surface area (Å²) < 4.78 is 29.1. The van der Waals surface area contributed by atoms with E-state index in [1.165, 1.54) is 12.8 Å². The number of hydrogen-bond acceptors (Lipinski definition) is 4. The van der Waals surface area contributed by atoms with E-state index < -0.39 is 9.84 Å². The third kappa shape index (κ3) is 7.48. The van der Waals surface area contributed by atoms with Gasteiger partial charge in [0.25, 0.3) is 0 Å². The molecule has 27 heavy (non-hydrogen) atoms. The SMILES string of the molecule is CCNC(=NCc1ccccc1OCC1CC1)NCC1CCS(=O)(=O)C1.I. The Balaban J connectivity index is 0.00000261. The number of ether oxygens (including phenoxy) is 1. The molecular weight excluding hydrogens is 477 g/mol. The highest BCUT2D eigenvalue weighted by molar-refractivity contribution is 14.0. The van der Waals surface area contributed by atoms with Crippen LogP contribution >= 0.6 is 24.0 Å². The minimum atomic E-state index is -2.84. The molecule has 1 aliphatic heterocycles. The maximum absolute atomic E-state index is 11.6. The van der Waals surface area contributed by atoms with Crippen molar-refractivity contribution in [3.8, 4) is 5.75 Å². The first-order valence-electron chi connectivity index (χ1n) is 9.49. The zero-order valence-corrected chi connectivity index (χ0v) is 19.0. The van der Waals surface area contributed by atoms with Crippen LogP contribution in [0.3, 0.4) is 0 Å². The molecular formula is C19H30IN3O3S. The first-order valence-corrected chi connectivity index (χ1v) is 11.3. The summed E-state index contributed by atoms with van der Waals surface area (Å²) >= 11 is 0. The molecule has 1 atom stereocenters. The summed E-state index contributed by atoms with van der Waals surface area (Å²) in [6.45, 7) is 4.72. The van der Waals surface area contributed by atoms with Crippen molar-refractivity contribution < 1.29 is 13.2 Å². The van der Waals surface area contributed by atoms with E-state index in [-0.39, 0.29) is 35.6 Å². The van der Waals surface area contributed by atoms with E-state index in [4.69, 9.17) is 4.74 Å². The lowest BCUT2D eigenvalue weighted by atomic mass is 10.1. The topological polar surface area (TPSA) is 79.8 Å². The average molecular weight is 507 g/mol. The van der Waals surface area contributed by atoms with Crippen LogP contribution in [0.4, 0.5) is 0 Å². The number of sulfone groups is 1. The van der Waals surface area contributed by atoms with Crippen molar-refractivity contribution in [2.75, 3.05) is 31.2 Å². The van der Waals surface area contributed by atoms with Crippen molar-refractivity contribution in [3.63, 3.8) is 0 Å². The predicted molar refractivity (Wildman–Crippen MR) is 120 cm³/mol. The van der Waals surface area contributed by atoms with Gasteiger partial charge < -0.3 is 15.4 Å². The molecule has 0 amide bonds. The quantitative estimate of drug-likeness (QED) is 0.321. The Morgan fingerprint density at radius 1 is 1.19 bits per heavy atom. The van der Waals surface area contributed by atoms with Gasteiger partial charge in [0.15, 0.2) is 15.8 Å². The van der Waals surface area contributed by atoms with Crippen molar-refractivity contribution >= 4 is 39.8 Å². The standard InChI is InChI=1S/C19H29N3O3S.HI/c1-2-20-19(21-11-16-9-10-26(23,24)14-16)22-12-17-5-3-4-6-18(17)25-13-15-7-8-15;/h3-6,15-16H,2,7-14H2,1H3,(H2,20,21,22);1H. The van der Waals surface area contributed by atoms with Crippen molar-refractivity contribution in [1.29, 1.82) is 0 Å². The maximum atomic E-state index is 11.6. The molecule has 1 saturated carbocycles. The molecule has 6 nitrogen and oxygen atoms in total. The molecule has 152 valence electrons. The molecule has 1 saturated heterocycles. The summed E-state index contributed by atoms with van der Waals surface area (Å²) in [5, 5.41) is 6.51. The normalized spacial score (nSPS) is 21.4. The van der Waals surface area contributed by atoms with Gasteiger partial charge in [-0.3, -0.25) is 0 Å². The lowest BCUT2D eigenvalue weighted by molar-refractivity contribution is 0.297. The Morgan fingerprint density at radius 3 is 2.63 bits per heavy atom. The molecule has 0 spiro atoms. The van der Waals surface area contributed by atoms with Crippen LogP contribution in [0.15, 0.2) is 29.3 Å². The third-order valence-electron chi connectivity index (χ3n) is 4.78. The smallest absolute Gasteiger partial charge is 0.191 e. The Kier molecular flexibility index (Phi) is 8.65. The predicted octanol–water partition coefficient (Wildman–Crippen LogP) is 2.58. The number of rotatable bonds is 8. The maximum Gasteiger partial charge on any atom is 0.191 e. The molecule has 1 aliphatic carbocycles. The second kappa shape index (κ2) is 10.5. The van der Waals surface area contributed by atoms with Crippen LogP contribution in [0.25, 0.3) is 0 Å². The second-order valence-electron chi connectivity index (χ2n) is 7.21. The van der Waals surface area contributed by atoms with Gasteiger partial charge in [-0.25, -0.2) is 13.4 Å². The van der Waals surface area contributed by atoms with Crippen molar-refractivity contribution in [2.45, 2.75) is 32.7 Å². The van der Waals surface area contributed by atoms with Crippen LogP contribution in [0.1, 0.15) is 31.7 Å². The first-order chi connectivity index (χ1) is 12.6. The third-order valence-corrected chi connectivity index (χ3v) is 6.62. The van der Waals surface area contributed by atoms with E-state index in [0.717, 1.165) is 30.9 Å². The molecule has 1 aromatic rings. The number of nitrogens with zero attached hydrogens (tertiary/aromatic N) is 1. The van der Waals surface area contributed by atoms with E-state index in [9.17, 15) is 8.42 Å². The van der Waals surface area contributed by atoms with Crippen LogP contribution in [-0.4, -0.2) is 45.6 Å². The first kappa shape index (κ1) is 22.3. The Labute approximate surface area is 179 Å². The van der Waals surface area contributed by atoms with Gasteiger partial charge in [-0.15, -0.1) is 24.0 Å². The number of para-hydroxylation sites is 1. The van der Waals surface area contributed by atoms with Crippen molar-refractivity contribution in [2.24, 2.45) is 16.8 Å².